The molecule has 1 saturated heterocycles. The Balaban J connectivity index is 1.98. The molecule has 2 rings (SSSR count). The van der Waals surface area contributed by atoms with E-state index in [1.54, 1.807) is 0 Å². The molecule has 1 unspecified atom stereocenters. The molecule has 1 fully saturated rings. The average molecular weight is 246 g/mol. The zero-order valence-corrected chi connectivity index (χ0v) is 12.2. The second-order valence-corrected chi connectivity index (χ2v) is 6.54. The van der Waals surface area contributed by atoms with Crippen LogP contribution in [0.2, 0.25) is 0 Å². The van der Waals surface area contributed by atoms with E-state index in [0.29, 0.717) is 6.04 Å². The summed E-state index contributed by atoms with van der Waals surface area (Å²) in [6, 6.07) is 9.75. The SMILES string of the molecule is CC1CN(Cc2ccc(C(C)(C)C)cc2)CCN1. The number of nitrogens with one attached hydrogen (secondary N) is 1. The van der Waals surface area contributed by atoms with Crippen molar-refractivity contribution in [2.75, 3.05) is 19.6 Å². The van der Waals surface area contributed by atoms with Gasteiger partial charge in [-0.1, -0.05) is 45.0 Å². The van der Waals surface area contributed by atoms with Gasteiger partial charge < -0.3 is 5.32 Å². The molecule has 2 nitrogen and oxygen atoms in total. The fourth-order valence-electron chi connectivity index (χ4n) is 2.52. The fraction of sp³-hybridized carbons (Fsp3) is 0.625. The van der Waals surface area contributed by atoms with Crippen molar-refractivity contribution in [2.45, 2.75) is 45.7 Å². The first-order chi connectivity index (χ1) is 8.45. The third kappa shape index (κ3) is 3.56. The van der Waals surface area contributed by atoms with Crippen LogP contribution < -0.4 is 5.32 Å². The molecule has 18 heavy (non-hydrogen) atoms. The molecular formula is C16H26N2. The number of nitrogens with zero attached hydrogens (tertiary/aromatic N) is 1. The number of rotatable bonds is 2. The van der Waals surface area contributed by atoms with Gasteiger partial charge in [0.15, 0.2) is 0 Å². The minimum absolute atomic E-state index is 0.252. The molecule has 1 aromatic rings. The quantitative estimate of drug-likeness (QED) is 0.863. The summed E-state index contributed by atoms with van der Waals surface area (Å²) in [7, 11) is 0. The Bertz CT molecular complexity index is 375. The second-order valence-electron chi connectivity index (χ2n) is 6.54. The molecule has 0 saturated carbocycles. The van der Waals surface area contributed by atoms with E-state index in [9.17, 15) is 0 Å². The molecule has 1 N–H and O–H groups in total. The third-order valence-electron chi connectivity index (χ3n) is 3.68. The van der Waals surface area contributed by atoms with Crippen LogP contribution in [-0.4, -0.2) is 30.6 Å². The van der Waals surface area contributed by atoms with E-state index in [-0.39, 0.29) is 5.41 Å². The van der Waals surface area contributed by atoms with Gasteiger partial charge in [0, 0.05) is 32.2 Å². The highest BCUT2D eigenvalue weighted by Gasteiger charge is 2.16. The van der Waals surface area contributed by atoms with Crippen molar-refractivity contribution in [1.29, 1.82) is 0 Å². The topological polar surface area (TPSA) is 15.3 Å². The van der Waals surface area contributed by atoms with E-state index in [4.69, 9.17) is 0 Å². The van der Waals surface area contributed by atoms with Gasteiger partial charge in [-0.25, -0.2) is 0 Å². The van der Waals surface area contributed by atoms with Crippen LogP contribution in [0.5, 0.6) is 0 Å². The predicted molar refractivity (Wildman–Crippen MR) is 77.9 cm³/mol. The molecule has 2 heteroatoms. The lowest BCUT2D eigenvalue weighted by atomic mass is 9.87. The molecule has 0 radical (unpaired) electrons. The number of benzene rings is 1. The first kappa shape index (κ1) is 13.6. The summed E-state index contributed by atoms with van der Waals surface area (Å²) in [5.41, 5.74) is 3.10. The van der Waals surface area contributed by atoms with Crippen LogP contribution in [0.15, 0.2) is 24.3 Å². The molecule has 0 amide bonds. The van der Waals surface area contributed by atoms with E-state index >= 15 is 0 Å². The zero-order chi connectivity index (χ0) is 13.2. The highest BCUT2D eigenvalue weighted by molar-refractivity contribution is 5.27. The highest BCUT2D eigenvalue weighted by Crippen LogP contribution is 2.22. The van der Waals surface area contributed by atoms with E-state index < -0.39 is 0 Å². The highest BCUT2D eigenvalue weighted by atomic mass is 15.2. The minimum Gasteiger partial charge on any atom is -0.312 e. The minimum atomic E-state index is 0.252. The van der Waals surface area contributed by atoms with Crippen LogP contribution in [-0.2, 0) is 12.0 Å². The van der Waals surface area contributed by atoms with Gasteiger partial charge in [-0.2, -0.15) is 0 Å². The van der Waals surface area contributed by atoms with E-state index in [2.05, 4.69) is 62.2 Å². The first-order valence-corrected chi connectivity index (χ1v) is 7.00. The van der Waals surface area contributed by atoms with Crippen molar-refractivity contribution in [3.05, 3.63) is 35.4 Å². The van der Waals surface area contributed by atoms with Crippen LogP contribution in [0, 0.1) is 0 Å². The van der Waals surface area contributed by atoms with Crippen molar-refractivity contribution in [3.63, 3.8) is 0 Å². The van der Waals surface area contributed by atoms with E-state index in [1.807, 2.05) is 0 Å². The summed E-state index contributed by atoms with van der Waals surface area (Å²) in [5, 5.41) is 3.49. The summed E-state index contributed by atoms with van der Waals surface area (Å²) in [5.74, 6) is 0. The maximum absolute atomic E-state index is 3.49. The van der Waals surface area contributed by atoms with Gasteiger partial charge in [0.25, 0.3) is 0 Å². The van der Waals surface area contributed by atoms with Crippen LogP contribution >= 0.6 is 0 Å². The largest absolute Gasteiger partial charge is 0.312 e. The normalized spacial score (nSPS) is 22.1. The molecule has 100 valence electrons. The molecule has 1 atom stereocenters. The Hall–Kier alpha value is -0.860. The molecule has 1 aliphatic rings. The maximum atomic E-state index is 3.49. The monoisotopic (exact) mass is 246 g/mol. The van der Waals surface area contributed by atoms with Crippen LogP contribution in [0.3, 0.4) is 0 Å². The number of hydrogen-bond donors (Lipinski definition) is 1. The lowest BCUT2D eigenvalue weighted by Gasteiger charge is -2.32. The molecule has 1 heterocycles. The van der Waals surface area contributed by atoms with Crippen LogP contribution in [0.1, 0.15) is 38.8 Å². The van der Waals surface area contributed by atoms with Crippen molar-refractivity contribution in [3.8, 4) is 0 Å². The third-order valence-corrected chi connectivity index (χ3v) is 3.68. The number of piperazine rings is 1. The summed E-state index contributed by atoms with van der Waals surface area (Å²) >= 11 is 0. The molecular weight excluding hydrogens is 220 g/mol. The second kappa shape index (κ2) is 5.41. The Morgan fingerprint density at radius 3 is 2.44 bits per heavy atom. The van der Waals surface area contributed by atoms with Crippen molar-refractivity contribution < 1.29 is 0 Å². The Labute approximate surface area is 111 Å². The average Bonchev–Trinajstić information content (AvgIpc) is 2.28. The predicted octanol–water partition coefficient (Wildman–Crippen LogP) is 2.78. The van der Waals surface area contributed by atoms with Crippen LogP contribution in [0.25, 0.3) is 0 Å². The molecule has 1 aromatic carbocycles. The van der Waals surface area contributed by atoms with Gasteiger partial charge in [0.1, 0.15) is 0 Å². The van der Waals surface area contributed by atoms with Gasteiger partial charge in [-0.3, -0.25) is 4.90 Å². The van der Waals surface area contributed by atoms with Crippen molar-refractivity contribution in [2.24, 2.45) is 0 Å². The van der Waals surface area contributed by atoms with Crippen molar-refractivity contribution in [1.82, 2.24) is 10.2 Å². The Kier molecular flexibility index (Phi) is 4.08. The van der Waals surface area contributed by atoms with Gasteiger partial charge in [-0.05, 0) is 23.5 Å². The molecule has 0 aromatic heterocycles. The van der Waals surface area contributed by atoms with Gasteiger partial charge in [0.2, 0.25) is 0 Å². The summed E-state index contributed by atoms with van der Waals surface area (Å²) in [6.07, 6.45) is 0. The fourth-order valence-corrected chi connectivity index (χ4v) is 2.52. The summed E-state index contributed by atoms with van der Waals surface area (Å²) in [6.45, 7) is 13.6. The van der Waals surface area contributed by atoms with Gasteiger partial charge >= 0.3 is 0 Å². The number of hydrogen-bond acceptors (Lipinski definition) is 2. The lowest BCUT2D eigenvalue weighted by molar-refractivity contribution is 0.199. The smallest absolute Gasteiger partial charge is 0.0234 e. The van der Waals surface area contributed by atoms with Gasteiger partial charge in [0.05, 0.1) is 0 Å². The summed E-state index contributed by atoms with van der Waals surface area (Å²) in [4.78, 5) is 2.53. The standard InChI is InChI=1S/C16H26N2/c1-13-11-18(10-9-17-13)12-14-5-7-15(8-6-14)16(2,3)4/h5-8,13,17H,9-12H2,1-4H3. The maximum Gasteiger partial charge on any atom is 0.0234 e. The Morgan fingerprint density at radius 2 is 1.89 bits per heavy atom. The lowest BCUT2D eigenvalue weighted by Crippen LogP contribution is -2.48. The zero-order valence-electron chi connectivity index (χ0n) is 12.2. The molecule has 0 bridgehead atoms. The van der Waals surface area contributed by atoms with Crippen molar-refractivity contribution >= 4 is 0 Å². The molecule has 1 aliphatic heterocycles. The Morgan fingerprint density at radius 1 is 1.22 bits per heavy atom. The first-order valence-electron chi connectivity index (χ1n) is 7.00. The molecule has 0 spiro atoms. The van der Waals surface area contributed by atoms with Gasteiger partial charge in [-0.15, -0.1) is 0 Å². The van der Waals surface area contributed by atoms with E-state index in [1.165, 1.54) is 11.1 Å². The molecule has 0 aliphatic carbocycles. The van der Waals surface area contributed by atoms with Crippen LogP contribution in [0.4, 0.5) is 0 Å². The van der Waals surface area contributed by atoms with E-state index in [0.717, 1.165) is 26.2 Å². The summed E-state index contributed by atoms with van der Waals surface area (Å²) < 4.78 is 0.